The summed E-state index contributed by atoms with van der Waals surface area (Å²) < 4.78 is 5.85. The molecule has 0 saturated carbocycles. The molecule has 0 atom stereocenters. The van der Waals surface area contributed by atoms with Gasteiger partial charge in [0.25, 0.3) is 0 Å². The Morgan fingerprint density at radius 1 is 0.952 bits per heavy atom. The number of H-pyrrole nitrogens is 1. The van der Waals surface area contributed by atoms with Crippen LogP contribution in [0.5, 0.6) is 5.75 Å². The van der Waals surface area contributed by atoms with Crippen LogP contribution in [0.2, 0.25) is 0 Å². The van der Waals surface area contributed by atoms with Gasteiger partial charge >= 0.3 is 0 Å². The van der Waals surface area contributed by atoms with E-state index in [0.29, 0.717) is 12.5 Å². The monoisotopic (exact) mass is 299 g/mol. The first-order valence-corrected chi connectivity index (χ1v) is 7.73. The molecule has 3 aromatic rings. The summed E-state index contributed by atoms with van der Waals surface area (Å²) in [5, 5.41) is 1.27. The zero-order chi connectivity index (χ0) is 14.5. The first-order valence-electron chi connectivity index (χ1n) is 7.20. The van der Waals surface area contributed by atoms with Crippen LogP contribution in [-0.2, 0) is 6.42 Å². The van der Waals surface area contributed by atoms with Crippen LogP contribution in [0, 0.1) is 0 Å². The molecule has 0 radical (unpaired) electrons. The summed E-state index contributed by atoms with van der Waals surface area (Å²) in [6, 6.07) is 16.7. The van der Waals surface area contributed by atoms with Crippen molar-refractivity contribution < 1.29 is 4.74 Å². The molecule has 108 valence electrons. The van der Waals surface area contributed by atoms with E-state index in [9.17, 15) is 0 Å². The number of hydrogen-bond donors (Lipinski definition) is 1. The van der Waals surface area contributed by atoms with Crippen LogP contribution in [0.4, 0.5) is 0 Å². The third-order valence-electron chi connectivity index (χ3n) is 3.57. The molecule has 0 unspecified atom stereocenters. The molecular formula is C18H18ClNO. The average Bonchev–Trinajstić information content (AvgIpc) is 2.99. The zero-order valence-corrected chi connectivity index (χ0v) is 12.6. The van der Waals surface area contributed by atoms with E-state index >= 15 is 0 Å². The molecule has 0 spiro atoms. The molecule has 0 aliphatic heterocycles. The highest BCUT2D eigenvalue weighted by molar-refractivity contribution is 6.17. The maximum atomic E-state index is 5.85. The van der Waals surface area contributed by atoms with Crippen LogP contribution >= 0.6 is 11.6 Å². The van der Waals surface area contributed by atoms with Crippen LogP contribution in [0.15, 0.2) is 54.7 Å². The number of aromatic amines is 1. The summed E-state index contributed by atoms with van der Waals surface area (Å²) in [5.41, 5.74) is 3.69. The topological polar surface area (TPSA) is 25.0 Å². The molecular weight excluding hydrogens is 282 g/mol. The Labute approximate surface area is 129 Å². The minimum absolute atomic E-state index is 0.630. The van der Waals surface area contributed by atoms with Crippen LogP contribution in [0.25, 0.3) is 10.9 Å². The molecule has 2 aromatic carbocycles. The second-order valence-electron chi connectivity index (χ2n) is 5.03. The van der Waals surface area contributed by atoms with Crippen molar-refractivity contribution in [3.8, 4) is 5.75 Å². The number of hydrogen-bond acceptors (Lipinski definition) is 1. The van der Waals surface area contributed by atoms with Crippen LogP contribution in [0.1, 0.15) is 17.5 Å². The van der Waals surface area contributed by atoms with Crippen molar-refractivity contribution in [2.24, 2.45) is 0 Å². The number of ether oxygens (including phenoxy) is 1. The molecule has 1 N–H and O–H groups in total. The Hall–Kier alpha value is -1.93. The van der Waals surface area contributed by atoms with Crippen molar-refractivity contribution in [3.63, 3.8) is 0 Å². The Bertz CT molecular complexity index is 720. The summed E-state index contributed by atoms with van der Waals surface area (Å²) in [6.45, 7) is 0.662. The van der Waals surface area contributed by atoms with Gasteiger partial charge in [-0.2, -0.15) is 0 Å². The molecule has 1 heterocycles. The number of aromatic nitrogens is 1. The van der Waals surface area contributed by atoms with Gasteiger partial charge in [0.05, 0.1) is 6.61 Å². The number of halogens is 1. The number of fused-ring (bicyclic) bond motifs is 1. The van der Waals surface area contributed by atoms with Crippen molar-refractivity contribution in [1.82, 2.24) is 4.98 Å². The molecule has 0 saturated heterocycles. The zero-order valence-electron chi connectivity index (χ0n) is 11.8. The SMILES string of the molecule is ClCCCOc1ccccc1Cc1cccc2[nH]ccc12. The maximum Gasteiger partial charge on any atom is 0.122 e. The molecule has 0 aliphatic carbocycles. The van der Waals surface area contributed by atoms with Gasteiger partial charge in [-0.3, -0.25) is 0 Å². The Morgan fingerprint density at radius 3 is 2.71 bits per heavy atom. The van der Waals surface area contributed by atoms with Gasteiger partial charge in [-0.05, 0) is 35.7 Å². The predicted octanol–water partition coefficient (Wildman–Crippen LogP) is 4.77. The molecule has 1 aromatic heterocycles. The lowest BCUT2D eigenvalue weighted by Gasteiger charge is -2.11. The largest absolute Gasteiger partial charge is 0.493 e. The first kappa shape index (κ1) is 14.0. The second-order valence-corrected chi connectivity index (χ2v) is 5.41. The Kier molecular flexibility index (Phi) is 4.46. The summed E-state index contributed by atoms with van der Waals surface area (Å²) in [7, 11) is 0. The summed E-state index contributed by atoms with van der Waals surface area (Å²) >= 11 is 5.71. The summed E-state index contributed by atoms with van der Waals surface area (Å²) in [5.74, 6) is 1.58. The molecule has 3 heteroatoms. The maximum absolute atomic E-state index is 5.85. The minimum Gasteiger partial charge on any atom is -0.493 e. The average molecular weight is 300 g/mol. The highest BCUT2D eigenvalue weighted by Gasteiger charge is 2.07. The third kappa shape index (κ3) is 3.22. The molecule has 3 rings (SSSR count). The summed E-state index contributed by atoms with van der Waals surface area (Å²) in [4.78, 5) is 3.26. The van der Waals surface area contributed by atoms with Crippen molar-refractivity contribution in [2.75, 3.05) is 12.5 Å². The third-order valence-corrected chi connectivity index (χ3v) is 3.84. The van der Waals surface area contributed by atoms with Crippen molar-refractivity contribution in [2.45, 2.75) is 12.8 Å². The number of para-hydroxylation sites is 1. The fourth-order valence-corrected chi connectivity index (χ4v) is 2.65. The van der Waals surface area contributed by atoms with Gasteiger partial charge in [-0.25, -0.2) is 0 Å². The predicted molar refractivity (Wildman–Crippen MR) is 88.4 cm³/mol. The normalized spacial score (nSPS) is 10.9. The van der Waals surface area contributed by atoms with Gasteiger partial charge in [0.15, 0.2) is 0 Å². The van der Waals surface area contributed by atoms with Gasteiger partial charge in [0, 0.05) is 29.4 Å². The van der Waals surface area contributed by atoms with E-state index in [2.05, 4.69) is 41.4 Å². The Morgan fingerprint density at radius 2 is 1.81 bits per heavy atom. The lowest BCUT2D eigenvalue weighted by atomic mass is 10.0. The van der Waals surface area contributed by atoms with Gasteiger partial charge < -0.3 is 9.72 Å². The standard InChI is InChI=1S/C18H18ClNO/c19-10-4-12-21-18-8-2-1-5-15(18)13-14-6-3-7-17-16(14)9-11-20-17/h1-3,5-9,11,20H,4,10,12-13H2. The highest BCUT2D eigenvalue weighted by Crippen LogP contribution is 2.25. The fourth-order valence-electron chi connectivity index (χ4n) is 2.54. The lowest BCUT2D eigenvalue weighted by molar-refractivity contribution is 0.315. The number of nitrogens with one attached hydrogen (secondary N) is 1. The number of rotatable bonds is 6. The van der Waals surface area contributed by atoms with Gasteiger partial charge in [-0.15, -0.1) is 11.6 Å². The van der Waals surface area contributed by atoms with Crippen molar-refractivity contribution in [1.29, 1.82) is 0 Å². The molecule has 21 heavy (non-hydrogen) atoms. The van der Waals surface area contributed by atoms with E-state index in [1.54, 1.807) is 0 Å². The smallest absolute Gasteiger partial charge is 0.122 e. The van der Waals surface area contributed by atoms with Gasteiger partial charge in [0.2, 0.25) is 0 Å². The van der Waals surface area contributed by atoms with Gasteiger partial charge in [-0.1, -0.05) is 30.3 Å². The molecule has 0 aliphatic rings. The van der Waals surface area contributed by atoms with E-state index in [1.165, 1.54) is 22.0 Å². The highest BCUT2D eigenvalue weighted by atomic mass is 35.5. The number of benzene rings is 2. The molecule has 0 amide bonds. The van der Waals surface area contributed by atoms with E-state index in [-0.39, 0.29) is 0 Å². The number of alkyl halides is 1. The van der Waals surface area contributed by atoms with E-state index in [4.69, 9.17) is 16.3 Å². The fraction of sp³-hybridized carbons (Fsp3) is 0.222. The van der Waals surface area contributed by atoms with Crippen molar-refractivity contribution >= 4 is 22.5 Å². The first-order chi connectivity index (χ1) is 10.4. The quantitative estimate of drug-likeness (QED) is 0.515. The molecule has 0 fully saturated rings. The molecule has 0 bridgehead atoms. The lowest BCUT2D eigenvalue weighted by Crippen LogP contribution is -2.01. The Balaban J connectivity index is 1.86. The van der Waals surface area contributed by atoms with Gasteiger partial charge in [0.1, 0.15) is 5.75 Å². The minimum atomic E-state index is 0.630. The van der Waals surface area contributed by atoms with E-state index in [0.717, 1.165) is 18.6 Å². The van der Waals surface area contributed by atoms with Crippen LogP contribution < -0.4 is 4.74 Å². The van der Waals surface area contributed by atoms with E-state index in [1.807, 2.05) is 18.3 Å². The summed E-state index contributed by atoms with van der Waals surface area (Å²) in [6.07, 6.45) is 3.71. The van der Waals surface area contributed by atoms with Crippen LogP contribution in [0.3, 0.4) is 0 Å². The molecule has 2 nitrogen and oxygen atoms in total. The van der Waals surface area contributed by atoms with Crippen molar-refractivity contribution in [3.05, 3.63) is 65.9 Å². The van der Waals surface area contributed by atoms with Crippen LogP contribution in [-0.4, -0.2) is 17.5 Å². The van der Waals surface area contributed by atoms with E-state index < -0.39 is 0 Å². The second kappa shape index (κ2) is 6.68.